The van der Waals surface area contributed by atoms with E-state index in [-0.39, 0.29) is 0 Å². The molecule has 0 aromatic carbocycles. The van der Waals surface area contributed by atoms with Crippen LogP contribution in [0.1, 0.15) is 27.2 Å². The Kier molecular flexibility index (Phi) is 16.3. The fourth-order valence-electron chi connectivity index (χ4n) is 6.49. The molecule has 3 amide bonds. The SMILES string of the molecule is CC(=O)N[C@H]1C(OC[C@H](N)C(=O)O)O[C@H](CO)[C@H](O)[C@@H]1OC1O[C@H](CO)[C@H](O)[C@H](O[C@]2(C(=O)O)C[C@H](O)[C@@H](N(C(C)=O)C(C)=O)[C@H]([C@H](O)[C@H](O)CO)O2)[C@H]1O. The Morgan fingerprint density at radius 1 is 0.873 bits per heavy atom. The van der Waals surface area contributed by atoms with Crippen LogP contribution < -0.4 is 11.1 Å². The number of aliphatic carboxylic acids is 2. The van der Waals surface area contributed by atoms with E-state index in [0.29, 0.717) is 4.90 Å². The van der Waals surface area contributed by atoms with Gasteiger partial charge in [0.2, 0.25) is 17.7 Å². The molecule has 0 radical (unpaired) electrons. The van der Waals surface area contributed by atoms with Crippen molar-refractivity contribution in [1.29, 1.82) is 0 Å². The molecule has 25 nitrogen and oxygen atoms in total. The van der Waals surface area contributed by atoms with Crippen molar-refractivity contribution in [3.63, 3.8) is 0 Å². The fourth-order valence-corrected chi connectivity index (χ4v) is 6.49. The molecule has 55 heavy (non-hydrogen) atoms. The van der Waals surface area contributed by atoms with E-state index in [2.05, 4.69) is 5.32 Å². The Labute approximate surface area is 311 Å². The first-order chi connectivity index (χ1) is 25.7. The third-order valence-corrected chi connectivity index (χ3v) is 9.18. The van der Waals surface area contributed by atoms with Gasteiger partial charge in [0.15, 0.2) is 12.6 Å². The maximum atomic E-state index is 12.9. The van der Waals surface area contributed by atoms with Gasteiger partial charge in [0.25, 0.3) is 5.79 Å². The molecule has 0 saturated carbocycles. The molecule has 0 bridgehead atoms. The van der Waals surface area contributed by atoms with Gasteiger partial charge in [-0.15, -0.1) is 0 Å². The van der Waals surface area contributed by atoms with Gasteiger partial charge in [-0.2, -0.15) is 0 Å². The number of hydrogen-bond acceptors (Lipinski definition) is 21. The lowest BCUT2D eigenvalue weighted by molar-refractivity contribution is -0.382. The Hall–Kier alpha value is -3.09. The van der Waals surface area contributed by atoms with E-state index in [1.165, 1.54) is 0 Å². The zero-order chi connectivity index (χ0) is 41.7. The highest BCUT2D eigenvalue weighted by Crippen LogP contribution is 2.39. The summed E-state index contributed by atoms with van der Waals surface area (Å²) in [6, 6.07) is -5.09. The van der Waals surface area contributed by atoms with Gasteiger partial charge >= 0.3 is 11.9 Å². The van der Waals surface area contributed by atoms with Gasteiger partial charge in [-0.05, 0) is 0 Å². The van der Waals surface area contributed by atoms with Crippen molar-refractivity contribution in [3.05, 3.63) is 0 Å². The van der Waals surface area contributed by atoms with Gasteiger partial charge in [0, 0.05) is 27.2 Å². The number of nitrogens with one attached hydrogen (secondary N) is 1. The zero-order valence-electron chi connectivity index (χ0n) is 29.7. The number of carbonyl (C=O) groups is 5. The van der Waals surface area contributed by atoms with E-state index in [1.807, 2.05) is 0 Å². The van der Waals surface area contributed by atoms with Crippen molar-refractivity contribution in [3.8, 4) is 0 Å². The normalized spacial score (nSPS) is 38.3. The summed E-state index contributed by atoms with van der Waals surface area (Å²) in [5, 5.41) is 118. The van der Waals surface area contributed by atoms with Crippen LogP contribution in [0.25, 0.3) is 0 Å². The number of carboxylic acid groups (broad SMARTS) is 2. The topological polar surface area (TPSA) is 405 Å². The first kappa shape index (κ1) is 46.3. The van der Waals surface area contributed by atoms with Crippen molar-refractivity contribution in [1.82, 2.24) is 10.2 Å². The largest absolute Gasteiger partial charge is 0.480 e. The number of aliphatic hydroxyl groups is 9. The van der Waals surface area contributed by atoms with Crippen LogP contribution in [0.4, 0.5) is 0 Å². The zero-order valence-corrected chi connectivity index (χ0v) is 29.7. The maximum Gasteiger partial charge on any atom is 0.364 e. The Balaban J connectivity index is 2.05. The summed E-state index contributed by atoms with van der Waals surface area (Å²) in [6.45, 7) is -1.05. The molecule has 3 aliphatic rings. The molecule has 2 unspecified atom stereocenters. The van der Waals surface area contributed by atoms with E-state index in [9.17, 15) is 75.0 Å². The molecule has 17 atom stereocenters. The summed E-state index contributed by atoms with van der Waals surface area (Å²) < 4.78 is 33.5. The van der Waals surface area contributed by atoms with E-state index in [0.717, 1.165) is 20.8 Å². The molecule has 3 rings (SSSR count). The minimum absolute atomic E-state index is 0.412. The second kappa shape index (κ2) is 19.4. The summed E-state index contributed by atoms with van der Waals surface area (Å²) in [7, 11) is 0. The number of carboxylic acids is 2. The minimum Gasteiger partial charge on any atom is -0.480 e. The molecule has 14 N–H and O–H groups in total. The number of amides is 3. The van der Waals surface area contributed by atoms with Gasteiger partial charge in [0.1, 0.15) is 73.1 Å². The summed E-state index contributed by atoms with van der Waals surface area (Å²) in [4.78, 5) is 61.7. The molecule has 3 fully saturated rings. The molecule has 0 spiro atoms. The van der Waals surface area contributed by atoms with Crippen molar-refractivity contribution in [2.45, 2.75) is 131 Å². The first-order valence-electron chi connectivity index (χ1n) is 16.8. The Morgan fingerprint density at radius 3 is 1.89 bits per heavy atom. The van der Waals surface area contributed by atoms with E-state index < -0.39 is 166 Å². The molecular weight excluding hydrogens is 754 g/mol. The summed E-state index contributed by atoms with van der Waals surface area (Å²) in [6.07, 6.45) is -27.6. The average molecular weight is 804 g/mol. The predicted octanol–water partition coefficient (Wildman–Crippen LogP) is -8.38. The lowest BCUT2D eigenvalue weighted by Gasteiger charge is -2.52. The lowest BCUT2D eigenvalue weighted by Crippen LogP contribution is -2.71. The minimum atomic E-state index is -3.22. The van der Waals surface area contributed by atoms with Crippen LogP contribution in [-0.4, -0.2) is 221 Å². The molecule has 316 valence electrons. The van der Waals surface area contributed by atoms with Gasteiger partial charge in [-0.1, -0.05) is 0 Å². The number of nitrogens with zero attached hydrogens (tertiary/aromatic N) is 1. The third kappa shape index (κ3) is 10.3. The Morgan fingerprint density at radius 2 is 1.42 bits per heavy atom. The second-order valence-electron chi connectivity index (χ2n) is 13.2. The molecule has 3 saturated heterocycles. The lowest BCUT2D eigenvalue weighted by atomic mass is 9.87. The summed E-state index contributed by atoms with van der Waals surface area (Å²) in [5.41, 5.74) is 5.50. The van der Waals surface area contributed by atoms with Gasteiger partial charge in [-0.3, -0.25) is 24.1 Å². The highest BCUT2D eigenvalue weighted by molar-refractivity contribution is 5.93. The number of imide groups is 1. The highest BCUT2D eigenvalue weighted by Gasteiger charge is 2.61. The number of carbonyl (C=O) groups excluding carboxylic acids is 3. The Bertz CT molecular complexity index is 1350. The van der Waals surface area contributed by atoms with Gasteiger partial charge in [0.05, 0.1) is 38.6 Å². The number of nitrogens with two attached hydrogens (primary N) is 1. The smallest absolute Gasteiger partial charge is 0.364 e. The van der Waals surface area contributed by atoms with E-state index >= 15 is 0 Å². The van der Waals surface area contributed by atoms with Gasteiger partial charge in [-0.25, -0.2) is 4.79 Å². The van der Waals surface area contributed by atoms with E-state index in [4.69, 9.17) is 39.3 Å². The molecule has 0 aromatic rings. The molecule has 0 aromatic heterocycles. The van der Waals surface area contributed by atoms with Crippen LogP contribution in [0.5, 0.6) is 0 Å². The van der Waals surface area contributed by atoms with Crippen LogP contribution in [0.15, 0.2) is 0 Å². The summed E-state index contributed by atoms with van der Waals surface area (Å²) in [5.74, 6) is -9.58. The maximum absolute atomic E-state index is 12.9. The molecular formula is C30H49N3O22. The van der Waals surface area contributed by atoms with Gasteiger partial charge < -0.3 is 95.6 Å². The highest BCUT2D eigenvalue weighted by atomic mass is 16.8. The molecule has 25 heteroatoms. The van der Waals surface area contributed by atoms with Crippen LogP contribution in [-0.2, 0) is 52.4 Å². The fraction of sp³-hybridized carbons (Fsp3) is 0.833. The first-order valence-corrected chi connectivity index (χ1v) is 16.8. The molecule has 3 aliphatic heterocycles. The van der Waals surface area contributed by atoms with Crippen molar-refractivity contribution in [2.24, 2.45) is 5.73 Å². The number of aliphatic hydroxyl groups excluding tert-OH is 9. The van der Waals surface area contributed by atoms with Crippen molar-refractivity contribution < 1.29 is 109 Å². The second-order valence-corrected chi connectivity index (χ2v) is 13.2. The number of ether oxygens (including phenoxy) is 6. The quantitative estimate of drug-likeness (QED) is 0.0689. The van der Waals surface area contributed by atoms with Crippen molar-refractivity contribution >= 4 is 29.7 Å². The number of hydrogen-bond donors (Lipinski definition) is 13. The van der Waals surface area contributed by atoms with Crippen LogP contribution in [0, 0.1) is 0 Å². The molecule has 3 heterocycles. The van der Waals surface area contributed by atoms with E-state index in [1.54, 1.807) is 0 Å². The molecule has 0 aliphatic carbocycles. The standard InChI is InChI=1S/C30H49N3O22/c1-9(37)32-17-23(20(43)15(6-35)51-27(17)50-8-12(31)26(46)47)53-28-22(45)25(21(44)16(7-36)52-28)55-30(29(48)49)4-13(40)18(33(10(2)38)11(3)39)24(54-30)19(42)14(41)5-34/h12-25,27-28,34-36,40-45H,4-8,31H2,1-3H3,(H,32,37)(H,46,47)(H,48,49)/t12-,13-,14+,15+,16+,17+,18+,19+,20-,21-,22+,23+,24+,25-,27?,28?,30-/m0/s1. The van der Waals surface area contributed by atoms with Crippen molar-refractivity contribution in [2.75, 3.05) is 26.4 Å². The monoisotopic (exact) mass is 803 g/mol. The van der Waals surface area contributed by atoms with Crippen LogP contribution in [0.3, 0.4) is 0 Å². The van der Waals surface area contributed by atoms with Crippen LogP contribution >= 0.6 is 0 Å². The third-order valence-electron chi connectivity index (χ3n) is 9.18. The van der Waals surface area contributed by atoms with Crippen LogP contribution in [0.2, 0.25) is 0 Å². The average Bonchev–Trinajstić information content (AvgIpc) is 3.11. The predicted molar refractivity (Wildman–Crippen MR) is 170 cm³/mol. The number of rotatable bonds is 16. The summed E-state index contributed by atoms with van der Waals surface area (Å²) >= 11 is 0.